The highest BCUT2D eigenvalue weighted by Gasteiger charge is 2.33. The van der Waals surface area contributed by atoms with Crippen LogP contribution in [0.25, 0.3) is 0 Å². The fourth-order valence-electron chi connectivity index (χ4n) is 4.18. The molecule has 1 heterocycles. The van der Waals surface area contributed by atoms with Crippen LogP contribution in [-0.2, 0) is 14.8 Å². The van der Waals surface area contributed by atoms with E-state index in [0.29, 0.717) is 43.4 Å². The molecule has 8 heteroatoms. The van der Waals surface area contributed by atoms with E-state index in [2.05, 4.69) is 17.0 Å². The molecule has 0 bridgehead atoms. The lowest BCUT2D eigenvalue weighted by molar-refractivity contribution is -0.132. The van der Waals surface area contributed by atoms with Gasteiger partial charge < -0.3 is 14.5 Å². The average Bonchev–Trinajstić information content (AvgIpc) is 2.85. The minimum Gasteiger partial charge on any atom is -0.457 e. The number of hydrogen-bond acceptors (Lipinski definition) is 5. The Balaban J connectivity index is 1.45. The molecule has 7 nitrogen and oxygen atoms in total. The third kappa shape index (κ3) is 5.51. The second-order valence-electron chi connectivity index (χ2n) is 8.29. The van der Waals surface area contributed by atoms with Gasteiger partial charge in [-0.1, -0.05) is 36.4 Å². The van der Waals surface area contributed by atoms with E-state index in [1.54, 1.807) is 36.1 Å². The molecule has 4 rings (SSSR count). The Kier molecular flexibility index (Phi) is 7.07. The summed E-state index contributed by atoms with van der Waals surface area (Å²) in [5, 5.41) is 0. The SMILES string of the molecule is CC(C(=O)N1CCN(c2ccccc2)CC1)N(c1ccc(Oc2ccccc2)cc1)S(C)(=O)=O. The minimum absolute atomic E-state index is 0.206. The van der Waals surface area contributed by atoms with Gasteiger partial charge in [0.2, 0.25) is 15.9 Å². The summed E-state index contributed by atoms with van der Waals surface area (Å²) in [6, 6.07) is 25.3. The van der Waals surface area contributed by atoms with Crippen LogP contribution in [0.2, 0.25) is 0 Å². The first kappa shape index (κ1) is 23.6. The van der Waals surface area contributed by atoms with E-state index < -0.39 is 16.1 Å². The second kappa shape index (κ2) is 10.2. The van der Waals surface area contributed by atoms with Gasteiger partial charge in [-0.05, 0) is 55.5 Å². The molecule has 1 saturated heterocycles. The zero-order valence-electron chi connectivity index (χ0n) is 19.4. The van der Waals surface area contributed by atoms with E-state index in [9.17, 15) is 13.2 Å². The molecule has 1 aliphatic heterocycles. The zero-order chi connectivity index (χ0) is 24.1. The maximum Gasteiger partial charge on any atom is 0.246 e. The second-order valence-corrected chi connectivity index (χ2v) is 10.2. The van der Waals surface area contributed by atoms with Crippen LogP contribution in [0.15, 0.2) is 84.9 Å². The van der Waals surface area contributed by atoms with Crippen molar-refractivity contribution < 1.29 is 17.9 Å². The van der Waals surface area contributed by atoms with E-state index in [1.165, 1.54) is 4.31 Å². The van der Waals surface area contributed by atoms with Crippen LogP contribution in [0, 0.1) is 0 Å². The fourth-order valence-corrected chi connectivity index (χ4v) is 5.35. The van der Waals surface area contributed by atoms with E-state index in [4.69, 9.17) is 4.74 Å². The van der Waals surface area contributed by atoms with Crippen molar-refractivity contribution in [3.05, 3.63) is 84.9 Å². The molecule has 0 saturated carbocycles. The Labute approximate surface area is 201 Å². The first-order chi connectivity index (χ1) is 16.3. The maximum absolute atomic E-state index is 13.3. The van der Waals surface area contributed by atoms with Crippen LogP contribution in [0.4, 0.5) is 11.4 Å². The summed E-state index contributed by atoms with van der Waals surface area (Å²) >= 11 is 0. The van der Waals surface area contributed by atoms with Crippen molar-refractivity contribution in [2.45, 2.75) is 13.0 Å². The molecule has 1 unspecified atom stereocenters. The van der Waals surface area contributed by atoms with Crippen molar-refractivity contribution in [3.8, 4) is 11.5 Å². The number of anilines is 2. The minimum atomic E-state index is -3.69. The Morgan fingerprint density at radius 3 is 1.91 bits per heavy atom. The van der Waals surface area contributed by atoms with E-state index >= 15 is 0 Å². The van der Waals surface area contributed by atoms with Crippen LogP contribution in [-0.4, -0.2) is 57.7 Å². The highest BCUT2D eigenvalue weighted by molar-refractivity contribution is 7.92. The number of rotatable bonds is 7. The molecular weight excluding hydrogens is 450 g/mol. The largest absolute Gasteiger partial charge is 0.457 e. The number of piperazine rings is 1. The van der Waals surface area contributed by atoms with Gasteiger partial charge in [0, 0.05) is 31.9 Å². The average molecular weight is 480 g/mol. The van der Waals surface area contributed by atoms with Crippen molar-refractivity contribution in [1.82, 2.24) is 4.90 Å². The Hall–Kier alpha value is -3.52. The summed E-state index contributed by atoms with van der Waals surface area (Å²) in [7, 11) is -3.69. The van der Waals surface area contributed by atoms with Gasteiger partial charge in [0.1, 0.15) is 17.5 Å². The lowest BCUT2D eigenvalue weighted by atomic mass is 10.2. The Morgan fingerprint density at radius 1 is 0.824 bits per heavy atom. The van der Waals surface area contributed by atoms with Gasteiger partial charge in [-0.15, -0.1) is 0 Å². The van der Waals surface area contributed by atoms with Crippen LogP contribution in [0.1, 0.15) is 6.92 Å². The number of amides is 1. The predicted octanol–water partition coefficient (Wildman–Crippen LogP) is 3.98. The van der Waals surface area contributed by atoms with Gasteiger partial charge in [-0.25, -0.2) is 8.42 Å². The van der Waals surface area contributed by atoms with Crippen molar-refractivity contribution in [2.75, 3.05) is 41.6 Å². The third-order valence-corrected chi connectivity index (χ3v) is 7.09. The molecule has 0 spiro atoms. The molecule has 3 aromatic rings. The quantitative estimate of drug-likeness (QED) is 0.513. The highest BCUT2D eigenvalue weighted by Crippen LogP contribution is 2.27. The smallest absolute Gasteiger partial charge is 0.246 e. The molecule has 1 amide bonds. The standard InChI is InChI=1S/C26H29N3O4S/c1-21(26(30)28-19-17-27(18-20-28)22-9-5-3-6-10-22)29(34(2,31)32)23-13-15-25(16-14-23)33-24-11-7-4-8-12-24/h3-16,21H,17-20H2,1-2H3. The summed E-state index contributed by atoms with van der Waals surface area (Å²) < 4.78 is 32.4. The van der Waals surface area contributed by atoms with Gasteiger partial charge in [0.25, 0.3) is 0 Å². The van der Waals surface area contributed by atoms with Gasteiger partial charge in [0.15, 0.2) is 0 Å². The maximum atomic E-state index is 13.3. The van der Waals surface area contributed by atoms with Gasteiger partial charge in [-0.2, -0.15) is 0 Å². The van der Waals surface area contributed by atoms with E-state index in [0.717, 1.165) is 11.9 Å². The van der Waals surface area contributed by atoms with Gasteiger partial charge in [-0.3, -0.25) is 9.10 Å². The molecule has 1 atom stereocenters. The summed E-state index contributed by atoms with van der Waals surface area (Å²) in [4.78, 5) is 17.3. The Morgan fingerprint density at radius 2 is 1.35 bits per heavy atom. The van der Waals surface area contributed by atoms with Gasteiger partial charge in [0.05, 0.1) is 11.9 Å². The number of para-hydroxylation sites is 2. The number of ether oxygens (including phenoxy) is 1. The van der Waals surface area contributed by atoms with Crippen molar-refractivity contribution in [2.24, 2.45) is 0 Å². The molecule has 0 aliphatic carbocycles. The molecule has 178 valence electrons. The monoisotopic (exact) mass is 479 g/mol. The summed E-state index contributed by atoms with van der Waals surface area (Å²) in [5.41, 5.74) is 1.55. The number of benzene rings is 3. The van der Waals surface area contributed by atoms with Gasteiger partial charge >= 0.3 is 0 Å². The third-order valence-electron chi connectivity index (χ3n) is 5.85. The van der Waals surface area contributed by atoms with Crippen molar-refractivity contribution >= 4 is 27.3 Å². The number of carbonyl (C=O) groups excluding carboxylic acids is 1. The number of sulfonamides is 1. The van der Waals surface area contributed by atoms with Crippen LogP contribution < -0.4 is 13.9 Å². The lowest BCUT2D eigenvalue weighted by Gasteiger charge is -2.39. The zero-order valence-corrected chi connectivity index (χ0v) is 20.2. The number of carbonyl (C=O) groups is 1. The molecule has 0 radical (unpaired) electrons. The molecular formula is C26H29N3O4S. The van der Waals surface area contributed by atoms with Crippen LogP contribution in [0.5, 0.6) is 11.5 Å². The van der Waals surface area contributed by atoms with Crippen LogP contribution in [0.3, 0.4) is 0 Å². The molecule has 0 N–H and O–H groups in total. The summed E-state index contributed by atoms with van der Waals surface area (Å²) in [5.74, 6) is 1.07. The van der Waals surface area contributed by atoms with Crippen LogP contribution >= 0.6 is 0 Å². The van der Waals surface area contributed by atoms with E-state index in [-0.39, 0.29) is 5.91 Å². The predicted molar refractivity (Wildman–Crippen MR) is 135 cm³/mol. The Bertz CT molecular complexity index is 1190. The lowest BCUT2D eigenvalue weighted by Crippen LogP contribution is -2.55. The van der Waals surface area contributed by atoms with Crippen molar-refractivity contribution in [1.29, 1.82) is 0 Å². The normalized spacial score (nSPS) is 15.0. The highest BCUT2D eigenvalue weighted by atomic mass is 32.2. The molecule has 3 aromatic carbocycles. The first-order valence-electron chi connectivity index (χ1n) is 11.2. The van der Waals surface area contributed by atoms with E-state index in [1.807, 2.05) is 48.5 Å². The molecule has 1 aliphatic rings. The molecule has 1 fully saturated rings. The number of hydrogen-bond donors (Lipinski definition) is 0. The molecule has 0 aromatic heterocycles. The summed E-state index contributed by atoms with van der Waals surface area (Å²) in [6.07, 6.45) is 1.12. The summed E-state index contributed by atoms with van der Waals surface area (Å²) in [6.45, 7) is 4.13. The fraction of sp³-hybridized carbons (Fsp3) is 0.269. The topological polar surface area (TPSA) is 70.2 Å². The number of nitrogens with zero attached hydrogens (tertiary/aromatic N) is 3. The van der Waals surface area contributed by atoms with Crippen molar-refractivity contribution in [3.63, 3.8) is 0 Å². The first-order valence-corrected chi connectivity index (χ1v) is 13.1. The molecule has 34 heavy (non-hydrogen) atoms.